The lowest BCUT2D eigenvalue weighted by Gasteiger charge is -1.94. The summed E-state index contributed by atoms with van der Waals surface area (Å²) in [6.07, 6.45) is 4.80. The minimum absolute atomic E-state index is 0.133. The number of halogens is 1. The highest BCUT2D eigenvalue weighted by molar-refractivity contribution is 14.1. The number of nitrogens with zero attached hydrogens (tertiary/aromatic N) is 2. The molecular formula is C7H5IN4O. The van der Waals surface area contributed by atoms with Crippen molar-refractivity contribution in [1.82, 2.24) is 20.2 Å². The minimum atomic E-state index is -0.133. The number of hydrogen-bond acceptors (Lipinski definition) is 3. The number of hydrogen-bond donors (Lipinski definition) is 2. The van der Waals surface area contributed by atoms with Gasteiger partial charge in [-0.25, -0.2) is 4.98 Å². The van der Waals surface area contributed by atoms with Crippen molar-refractivity contribution in [2.75, 3.05) is 0 Å². The molecule has 13 heavy (non-hydrogen) atoms. The van der Waals surface area contributed by atoms with Crippen molar-refractivity contribution in [2.24, 2.45) is 0 Å². The molecule has 0 aliphatic carbocycles. The molecule has 0 atom stereocenters. The largest absolute Gasteiger partial charge is 0.306 e. The van der Waals surface area contributed by atoms with E-state index < -0.39 is 0 Å². The van der Waals surface area contributed by atoms with Crippen LogP contribution in [0.25, 0.3) is 11.4 Å². The molecule has 0 aliphatic rings. The zero-order valence-electron chi connectivity index (χ0n) is 6.41. The summed E-state index contributed by atoms with van der Waals surface area (Å²) in [4.78, 5) is 17.9. The maximum atomic E-state index is 11.2. The number of rotatable bonds is 1. The first-order valence-electron chi connectivity index (χ1n) is 3.51. The number of aromatic amines is 2. The van der Waals surface area contributed by atoms with Crippen LogP contribution in [-0.4, -0.2) is 20.2 Å². The van der Waals surface area contributed by atoms with Crippen molar-refractivity contribution in [3.8, 4) is 11.4 Å². The van der Waals surface area contributed by atoms with Gasteiger partial charge >= 0.3 is 0 Å². The van der Waals surface area contributed by atoms with Gasteiger partial charge in [0.1, 0.15) is 5.82 Å². The zero-order valence-corrected chi connectivity index (χ0v) is 8.57. The van der Waals surface area contributed by atoms with Crippen LogP contribution in [0.3, 0.4) is 0 Å². The molecule has 2 heterocycles. The SMILES string of the molecule is O=c1[nH]c(-c2cn[nH]c2)ncc1I. The van der Waals surface area contributed by atoms with Crippen molar-refractivity contribution in [3.05, 3.63) is 32.5 Å². The Hall–Kier alpha value is -1.18. The van der Waals surface area contributed by atoms with E-state index in [1.54, 1.807) is 12.4 Å². The lowest BCUT2D eigenvalue weighted by atomic mass is 10.3. The van der Waals surface area contributed by atoms with E-state index in [-0.39, 0.29) is 5.56 Å². The van der Waals surface area contributed by atoms with Gasteiger partial charge in [-0.2, -0.15) is 5.10 Å². The van der Waals surface area contributed by atoms with Gasteiger partial charge < -0.3 is 4.98 Å². The third kappa shape index (κ3) is 1.62. The van der Waals surface area contributed by atoms with Crippen molar-refractivity contribution in [1.29, 1.82) is 0 Å². The molecule has 0 aliphatic heterocycles. The highest BCUT2D eigenvalue weighted by Crippen LogP contribution is 2.09. The molecule has 0 aromatic carbocycles. The van der Waals surface area contributed by atoms with Crippen LogP contribution in [0.2, 0.25) is 0 Å². The van der Waals surface area contributed by atoms with Crippen LogP contribution in [0.15, 0.2) is 23.4 Å². The standard InChI is InChI=1S/C7H5IN4O/c8-5-3-9-6(12-7(5)13)4-1-10-11-2-4/h1-3H,(H,10,11)(H,9,12,13). The molecule has 0 saturated carbocycles. The van der Waals surface area contributed by atoms with E-state index >= 15 is 0 Å². The first-order valence-corrected chi connectivity index (χ1v) is 4.59. The molecule has 0 saturated heterocycles. The summed E-state index contributed by atoms with van der Waals surface area (Å²) < 4.78 is 0.574. The van der Waals surface area contributed by atoms with E-state index in [1.165, 1.54) is 6.20 Å². The minimum Gasteiger partial charge on any atom is -0.306 e. The smallest absolute Gasteiger partial charge is 0.264 e. The van der Waals surface area contributed by atoms with Gasteiger partial charge in [-0.15, -0.1) is 0 Å². The van der Waals surface area contributed by atoms with Gasteiger partial charge in [0.15, 0.2) is 0 Å². The van der Waals surface area contributed by atoms with Crippen LogP contribution in [-0.2, 0) is 0 Å². The normalized spacial score (nSPS) is 10.2. The molecule has 0 spiro atoms. The molecule has 0 amide bonds. The summed E-state index contributed by atoms with van der Waals surface area (Å²) >= 11 is 1.93. The molecule has 6 heteroatoms. The van der Waals surface area contributed by atoms with E-state index in [2.05, 4.69) is 20.2 Å². The van der Waals surface area contributed by atoms with Gasteiger partial charge in [-0.05, 0) is 22.6 Å². The highest BCUT2D eigenvalue weighted by Gasteiger charge is 2.02. The van der Waals surface area contributed by atoms with Crippen LogP contribution in [0.5, 0.6) is 0 Å². The quantitative estimate of drug-likeness (QED) is 0.761. The van der Waals surface area contributed by atoms with Gasteiger partial charge in [-0.3, -0.25) is 9.89 Å². The van der Waals surface area contributed by atoms with Crippen LogP contribution in [0.1, 0.15) is 0 Å². The third-order valence-electron chi connectivity index (χ3n) is 1.53. The predicted octanol–water partition coefficient (Wildman–Crippen LogP) is 0.765. The van der Waals surface area contributed by atoms with Gasteiger partial charge in [0, 0.05) is 12.4 Å². The van der Waals surface area contributed by atoms with Gasteiger partial charge in [0.2, 0.25) is 0 Å². The van der Waals surface area contributed by atoms with Crippen LogP contribution in [0, 0.1) is 3.57 Å². The second-order valence-corrected chi connectivity index (χ2v) is 3.56. The van der Waals surface area contributed by atoms with Crippen LogP contribution >= 0.6 is 22.6 Å². The third-order valence-corrected chi connectivity index (χ3v) is 2.30. The Kier molecular flexibility index (Phi) is 2.13. The Labute approximate surface area is 86.7 Å². The Morgan fingerprint density at radius 2 is 2.23 bits per heavy atom. The lowest BCUT2D eigenvalue weighted by molar-refractivity contribution is 1.09. The van der Waals surface area contributed by atoms with E-state index in [9.17, 15) is 4.79 Å². The molecule has 0 bridgehead atoms. The summed E-state index contributed by atoms with van der Waals surface area (Å²) in [5, 5.41) is 6.41. The molecule has 2 N–H and O–H groups in total. The molecule has 2 aromatic heterocycles. The zero-order chi connectivity index (χ0) is 9.26. The molecule has 0 radical (unpaired) electrons. The number of H-pyrrole nitrogens is 2. The van der Waals surface area contributed by atoms with E-state index in [4.69, 9.17) is 0 Å². The van der Waals surface area contributed by atoms with Crippen molar-refractivity contribution >= 4 is 22.6 Å². The van der Waals surface area contributed by atoms with Crippen LogP contribution in [0.4, 0.5) is 0 Å². The maximum absolute atomic E-state index is 11.2. The van der Waals surface area contributed by atoms with Gasteiger partial charge in [0.25, 0.3) is 5.56 Å². The second kappa shape index (κ2) is 3.29. The Bertz CT molecular complexity index is 462. The number of aromatic nitrogens is 4. The summed E-state index contributed by atoms with van der Waals surface area (Å²) in [6.45, 7) is 0. The summed E-state index contributed by atoms with van der Waals surface area (Å²) in [7, 11) is 0. The van der Waals surface area contributed by atoms with E-state index in [0.29, 0.717) is 9.39 Å². The molecule has 0 unspecified atom stereocenters. The van der Waals surface area contributed by atoms with Crippen molar-refractivity contribution in [2.45, 2.75) is 0 Å². The van der Waals surface area contributed by atoms with Crippen molar-refractivity contribution in [3.63, 3.8) is 0 Å². The summed E-state index contributed by atoms with van der Waals surface area (Å²) in [6, 6.07) is 0. The molecular weight excluding hydrogens is 283 g/mol. The first-order chi connectivity index (χ1) is 6.27. The molecule has 2 rings (SSSR count). The molecule has 2 aromatic rings. The molecule has 66 valence electrons. The number of nitrogens with one attached hydrogen (secondary N) is 2. The monoisotopic (exact) mass is 288 g/mol. The first kappa shape index (κ1) is 8.42. The average molecular weight is 288 g/mol. The Morgan fingerprint density at radius 3 is 2.85 bits per heavy atom. The fraction of sp³-hybridized carbons (Fsp3) is 0. The van der Waals surface area contributed by atoms with Crippen LogP contribution < -0.4 is 5.56 Å². The average Bonchev–Trinajstić information content (AvgIpc) is 2.62. The maximum Gasteiger partial charge on any atom is 0.264 e. The Morgan fingerprint density at radius 1 is 1.38 bits per heavy atom. The summed E-state index contributed by atoms with van der Waals surface area (Å²) in [5.41, 5.74) is 0.639. The predicted molar refractivity (Wildman–Crippen MR) is 55.2 cm³/mol. The van der Waals surface area contributed by atoms with E-state index in [1.807, 2.05) is 22.6 Å². The molecule has 5 nitrogen and oxygen atoms in total. The fourth-order valence-corrected chi connectivity index (χ4v) is 1.18. The molecule has 0 fully saturated rings. The summed E-state index contributed by atoms with van der Waals surface area (Å²) in [5.74, 6) is 0.527. The van der Waals surface area contributed by atoms with E-state index in [0.717, 1.165) is 5.56 Å². The van der Waals surface area contributed by atoms with Gasteiger partial charge in [-0.1, -0.05) is 0 Å². The Balaban J connectivity index is 2.55. The highest BCUT2D eigenvalue weighted by atomic mass is 127. The van der Waals surface area contributed by atoms with Gasteiger partial charge in [0.05, 0.1) is 15.3 Å². The topological polar surface area (TPSA) is 74.4 Å². The van der Waals surface area contributed by atoms with Crippen molar-refractivity contribution < 1.29 is 0 Å². The fourth-order valence-electron chi connectivity index (χ4n) is 0.906. The lowest BCUT2D eigenvalue weighted by Crippen LogP contribution is -2.11. The second-order valence-electron chi connectivity index (χ2n) is 2.40.